The number of rotatable bonds is 5. The first-order valence-electron chi connectivity index (χ1n) is 8.74. The molecule has 0 radical (unpaired) electrons. The minimum atomic E-state index is -0.0424. The van der Waals surface area contributed by atoms with E-state index in [1.165, 1.54) is 0 Å². The third-order valence-corrected chi connectivity index (χ3v) is 5.16. The Bertz CT molecular complexity index is 662. The molecule has 0 spiro atoms. The Morgan fingerprint density at radius 1 is 1.32 bits per heavy atom. The molecule has 0 aromatic heterocycles. The van der Waals surface area contributed by atoms with Crippen molar-refractivity contribution in [2.75, 3.05) is 46.9 Å². The van der Waals surface area contributed by atoms with E-state index in [-0.39, 0.29) is 17.7 Å². The van der Waals surface area contributed by atoms with Gasteiger partial charge in [-0.2, -0.15) is 0 Å². The summed E-state index contributed by atoms with van der Waals surface area (Å²) < 4.78 is 5.31. The zero-order valence-electron chi connectivity index (χ0n) is 15.1. The Kier molecular flexibility index (Phi) is 5.30. The van der Waals surface area contributed by atoms with Gasteiger partial charge in [0.15, 0.2) is 11.5 Å². The van der Waals surface area contributed by atoms with E-state index in [1.54, 1.807) is 13.2 Å². The highest BCUT2D eigenvalue weighted by Crippen LogP contribution is 2.32. The van der Waals surface area contributed by atoms with Crippen molar-refractivity contribution in [1.82, 2.24) is 14.7 Å². The van der Waals surface area contributed by atoms with Gasteiger partial charge in [-0.25, -0.2) is 0 Å². The largest absolute Gasteiger partial charge is 0.504 e. The van der Waals surface area contributed by atoms with Crippen LogP contribution >= 0.6 is 0 Å². The van der Waals surface area contributed by atoms with Gasteiger partial charge in [0.05, 0.1) is 7.11 Å². The van der Waals surface area contributed by atoms with E-state index in [1.807, 2.05) is 24.1 Å². The van der Waals surface area contributed by atoms with Crippen molar-refractivity contribution < 1.29 is 14.6 Å². The number of benzene rings is 1. The Morgan fingerprint density at radius 3 is 2.80 bits per heavy atom. The number of hydrogen-bond acceptors (Lipinski definition) is 5. The fourth-order valence-corrected chi connectivity index (χ4v) is 3.71. The number of likely N-dealkylation sites (N-methyl/N-ethyl adjacent to an activating group) is 1. The molecule has 2 fully saturated rings. The number of aromatic hydroxyl groups is 1. The molecule has 1 aromatic rings. The smallest absolute Gasteiger partial charge is 0.241 e. The van der Waals surface area contributed by atoms with Crippen molar-refractivity contribution in [3.05, 3.63) is 35.9 Å². The van der Waals surface area contributed by atoms with E-state index in [0.29, 0.717) is 12.2 Å². The molecule has 0 saturated carbocycles. The maximum Gasteiger partial charge on any atom is 0.241 e. The van der Waals surface area contributed by atoms with Gasteiger partial charge >= 0.3 is 0 Å². The van der Waals surface area contributed by atoms with Gasteiger partial charge in [0, 0.05) is 51.9 Å². The molecule has 1 N–H and O–H groups in total. The molecule has 2 heterocycles. The van der Waals surface area contributed by atoms with E-state index in [2.05, 4.69) is 16.4 Å². The molecule has 0 aliphatic carbocycles. The lowest BCUT2D eigenvalue weighted by molar-refractivity contribution is -0.143. The van der Waals surface area contributed by atoms with Crippen molar-refractivity contribution in [3.63, 3.8) is 0 Å². The number of phenols is 1. The SMILES string of the molecule is C=CCc1cc(CN2CCN3CCN(C)C(=O)[C@@H]3C2)cc(OC)c1O. The van der Waals surface area contributed by atoms with Crippen LogP contribution in [0.1, 0.15) is 11.1 Å². The molecule has 25 heavy (non-hydrogen) atoms. The van der Waals surface area contributed by atoms with Crippen LogP contribution < -0.4 is 4.74 Å². The van der Waals surface area contributed by atoms with Crippen LogP contribution in [0.2, 0.25) is 0 Å². The molecule has 1 aromatic carbocycles. The second-order valence-corrected chi connectivity index (χ2v) is 6.85. The molecule has 1 amide bonds. The molecule has 2 aliphatic heterocycles. The molecular formula is C19H27N3O3. The highest BCUT2D eigenvalue weighted by Gasteiger charge is 2.37. The van der Waals surface area contributed by atoms with Crippen LogP contribution in [-0.2, 0) is 17.8 Å². The second-order valence-electron chi connectivity index (χ2n) is 6.85. The van der Waals surface area contributed by atoms with Crippen molar-refractivity contribution in [2.24, 2.45) is 0 Å². The lowest BCUT2D eigenvalue weighted by Crippen LogP contribution is -2.63. The van der Waals surface area contributed by atoms with Gasteiger partial charge < -0.3 is 14.7 Å². The molecule has 6 heteroatoms. The minimum Gasteiger partial charge on any atom is -0.504 e. The molecule has 6 nitrogen and oxygen atoms in total. The van der Waals surface area contributed by atoms with Crippen molar-refractivity contribution in [2.45, 2.75) is 19.0 Å². The summed E-state index contributed by atoms with van der Waals surface area (Å²) in [7, 11) is 3.44. The Morgan fingerprint density at radius 2 is 2.08 bits per heavy atom. The average Bonchev–Trinajstić information content (AvgIpc) is 2.61. The summed E-state index contributed by atoms with van der Waals surface area (Å²) in [5.74, 6) is 0.882. The number of carbonyl (C=O) groups is 1. The third kappa shape index (κ3) is 3.65. The zero-order valence-corrected chi connectivity index (χ0v) is 15.1. The van der Waals surface area contributed by atoms with Gasteiger partial charge in [0.1, 0.15) is 6.04 Å². The summed E-state index contributed by atoms with van der Waals surface area (Å²) in [4.78, 5) is 18.9. The third-order valence-electron chi connectivity index (χ3n) is 5.16. The van der Waals surface area contributed by atoms with Crippen LogP contribution in [-0.4, -0.2) is 78.6 Å². The first-order chi connectivity index (χ1) is 12.0. The Labute approximate surface area is 149 Å². The second kappa shape index (κ2) is 7.45. The number of fused-ring (bicyclic) bond motifs is 1. The molecular weight excluding hydrogens is 318 g/mol. The quantitative estimate of drug-likeness (QED) is 0.810. The molecule has 2 saturated heterocycles. The van der Waals surface area contributed by atoms with Crippen LogP contribution in [0.4, 0.5) is 0 Å². The number of allylic oxidation sites excluding steroid dienone is 1. The number of carbonyl (C=O) groups excluding carboxylic acids is 1. The van der Waals surface area contributed by atoms with Crippen molar-refractivity contribution in [3.8, 4) is 11.5 Å². The maximum atomic E-state index is 12.4. The van der Waals surface area contributed by atoms with Crippen LogP contribution in [0.5, 0.6) is 11.5 Å². The number of piperazine rings is 2. The normalized spacial score (nSPS) is 21.9. The van der Waals surface area contributed by atoms with Gasteiger partial charge in [-0.15, -0.1) is 6.58 Å². The number of phenolic OH excluding ortho intramolecular Hbond substituents is 1. The molecule has 136 valence electrons. The first kappa shape index (κ1) is 17.8. The predicted octanol–water partition coefficient (Wildman–Crippen LogP) is 1.09. The van der Waals surface area contributed by atoms with E-state index >= 15 is 0 Å². The number of methoxy groups -OCH3 is 1. The highest BCUT2D eigenvalue weighted by molar-refractivity contribution is 5.82. The van der Waals surface area contributed by atoms with Crippen LogP contribution in [0.15, 0.2) is 24.8 Å². The van der Waals surface area contributed by atoms with Crippen molar-refractivity contribution in [1.29, 1.82) is 0 Å². The summed E-state index contributed by atoms with van der Waals surface area (Å²) in [6.07, 6.45) is 2.36. The van der Waals surface area contributed by atoms with E-state index in [9.17, 15) is 9.90 Å². The topological polar surface area (TPSA) is 56.2 Å². The summed E-state index contributed by atoms with van der Waals surface area (Å²) >= 11 is 0. The monoisotopic (exact) mass is 345 g/mol. The Hall–Kier alpha value is -2.05. The lowest BCUT2D eigenvalue weighted by atomic mass is 10.0. The standard InChI is InChI=1S/C19H27N3O3/c1-4-5-15-10-14(11-17(25-3)18(15)23)12-21-7-9-22-8-6-20(2)19(24)16(22)13-21/h4,10-11,16,23H,1,5-9,12-13H2,2-3H3/t16-/m0/s1. The molecule has 0 bridgehead atoms. The molecule has 0 unspecified atom stereocenters. The van der Waals surface area contributed by atoms with Crippen LogP contribution in [0.3, 0.4) is 0 Å². The fraction of sp³-hybridized carbons (Fsp3) is 0.526. The fourth-order valence-electron chi connectivity index (χ4n) is 3.71. The Balaban J connectivity index is 1.75. The number of nitrogens with zero attached hydrogens (tertiary/aromatic N) is 3. The summed E-state index contributed by atoms with van der Waals surface area (Å²) in [5.41, 5.74) is 1.90. The summed E-state index contributed by atoms with van der Waals surface area (Å²) in [6.45, 7) is 8.85. The van der Waals surface area contributed by atoms with Gasteiger partial charge in [0.25, 0.3) is 0 Å². The maximum absolute atomic E-state index is 12.4. The van der Waals surface area contributed by atoms with Crippen LogP contribution in [0, 0.1) is 0 Å². The zero-order chi connectivity index (χ0) is 18.0. The van der Waals surface area contributed by atoms with Gasteiger partial charge in [-0.1, -0.05) is 12.1 Å². The summed E-state index contributed by atoms with van der Waals surface area (Å²) in [6, 6.07) is 3.84. The number of amides is 1. The van der Waals surface area contributed by atoms with E-state index in [4.69, 9.17) is 4.74 Å². The van der Waals surface area contributed by atoms with Crippen molar-refractivity contribution >= 4 is 5.91 Å². The van der Waals surface area contributed by atoms with Gasteiger partial charge in [0.2, 0.25) is 5.91 Å². The molecule has 3 rings (SSSR count). The van der Waals surface area contributed by atoms with Gasteiger partial charge in [-0.3, -0.25) is 14.6 Å². The number of hydrogen-bond donors (Lipinski definition) is 1. The van der Waals surface area contributed by atoms with E-state index in [0.717, 1.165) is 50.4 Å². The predicted molar refractivity (Wildman–Crippen MR) is 96.8 cm³/mol. The average molecular weight is 345 g/mol. The minimum absolute atomic E-state index is 0.0424. The lowest BCUT2D eigenvalue weighted by Gasteiger charge is -2.45. The van der Waals surface area contributed by atoms with Gasteiger partial charge in [-0.05, 0) is 18.1 Å². The molecule has 1 atom stereocenters. The molecule has 2 aliphatic rings. The summed E-state index contributed by atoms with van der Waals surface area (Å²) in [5, 5.41) is 10.2. The van der Waals surface area contributed by atoms with E-state index < -0.39 is 0 Å². The first-order valence-corrected chi connectivity index (χ1v) is 8.74. The highest BCUT2D eigenvalue weighted by atomic mass is 16.5. The number of ether oxygens (including phenoxy) is 1. The van der Waals surface area contributed by atoms with Crippen LogP contribution in [0.25, 0.3) is 0 Å².